The Morgan fingerprint density at radius 2 is 1.66 bits per heavy atom. The zero-order valence-electron chi connectivity index (χ0n) is 17.2. The van der Waals surface area contributed by atoms with Crippen LogP contribution in [0, 0.1) is 0 Å². The van der Waals surface area contributed by atoms with Crippen LogP contribution in [0.2, 0.25) is 0 Å². The lowest BCUT2D eigenvalue weighted by atomic mass is 10.2. The molecule has 1 N–H and O–H groups in total. The highest BCUT2D eigenvalue weighted by Gasteiger charge is 2.20. The number of carbonyl (C=O) groups excluding carboxylic acids is 1. The van der Waals surface area contributed by atoms with Crippen LogP contribution in [0.4, 0.5) is 0 Å². The highest BCUT2D eigenvalue weighted by atomic mass is 16.3. The van der Waals surface area contributed by atoms with Gasteiger partial charge in [0.05, 0.1) is 18.2 Å². The summed E-state index contributed by atoms with van der Waals surface area (Å²) in [5, 5.41) is 10.5. The van der Waals surface area contributed by atoms with Crippen molar-refractivity contribution in [3.05, 3.63) is 70.1 Å². The lowest BCUT2D eigenvalue weighted by Crippen LogP contribution is -2.48. The third kappa shape index (κ3) is 6.00. The number of aliphatic hydroxyl groups is 1. The first-order chi connectivity index (χ1) is 13.9. The van der Waals surface area contributed by atoms with Crippen molar-refractivity contribution in [3.63, 3.8) is 0 Å². The second kappa shape index (κ2) is 9.82. The molecule has 1 amide bonds. The number of carbonyl (C=O) groups is 1. The number of piperazine rings is 1. The van der Waals surface area contributed by atoms with Gasteiger partial charge < -0.3 is 14.6 Å². The molecule has 0 aliphatic carbocycles. The van der Waals surface area contributed by atoms with Crippen molar-refractivity contribution in [1.82, 2.24) is 19.3 Å². The Hall–Kier alpha value is -2.48. The van der Waals surface area contributed by atoms with Crippen LogP contribution in [0.5, 0.6) is 0 Å². The van der Waals surface area contributed by atoms with Gasteiger partial charge in [-0.05, 0) is 11.6 Å². The maximum atomic E-state index is 12.1. The van der Waals surface area contributed by atoms with E-state index in [0.29, 0.717) is 12.1 Å². The van der Waals surface area contributed by atoms with E-state index >= 15 is 0 Å². The topological polar surface area (TPSA) is 69.0 Å². The van der Waals surface area contributed by atoms with Gasteiger partial charge in [0.15, 0.2) is 0 Å². The molecule has 7 heteroatoms. The molecule has 2 heterocycles. The summed E-state index contributed by atoms with van der Waals surface area (Å²) < 4.78 is 1.42. The number of benzene rings is 1. The lowest BCUT2D eigenvalue weighted by Gasteiger charge is -2.35. The van der Waals surface area contributed by atoms with E-state index in [0.717, 1.165) is 32.7 Å². The third-order valence-corrected chi connectivity index (χ3v) is 5.23. The smallest absolute Gasteiger partial charge is 0.254 e. The lowest BCUT2D eigenvalue weighted by molar-refractivity contribution is 0.0616. The first-order valence-corrected chi connectivity index (χ1v) is 10.0. The predicted octanol–water partition coefficient (Wildman–Crippen LogP) is 0.729. The van der Waals surface area contributed by atoms with Crippen LogP contribution in [0.25, 0.3) is 0 Å². The van der Waals surface area contributed by atoms with Crippen LogP contribution < -0.4 is 5.56 Å². The molecule has 1 aliphatic rings. The fourth-order valence-corrected chi connectivity index (χ4v) is 3.61. The summed E-state index contributed by atoms with van der Waals surface area (Å²) in [7, 11) is 3.34. The molecule has 0 spiro atoms. The van der Waals surface area contributed by atoms with Crippen LogP contribution in [0.15, 0.2) is 53.5 Å². The summed E-state index contributed by atoms with van der Waals surface area (Å²) in [4.78, 5) is 30.3. The first-order valence-electron chi connectivity index (χ1n) is 10.0. The van der Waals surface area contributed by atoms with Crippen molar-refractivity contribution in [2.75, 3.05) is 46.8 Å². The molecule has 0 radical (unpaired) electrons. The average molecular weight is 399 g/mol. The number of nitrogens with zero attached hydrogens (tertiary/aromatic N) is 4. The van der Waals surface area contributed by atoms with Gasteiger partial charge in [-0.1, -0.05) is 30.3 Å². The molecular formula is C22H30N4O3. The molecule has 1 fully saturated rings. The monoisotopic (exact) mass is 398 g/mol. The minimum atomic E-state index is -0.668. The summed E-state index contributed by atoms with van der Waals surface area (Å²) >= 11 is 0. The van der Waals surface area contributed by atoms with Gasteiger partial charge in [0, 0.05) is 65.6 Å². The molecule has 0 saturated carbocycles. The number of hydrogen-bond acceptors (Lipinski definition) is 5. The summed E-state index contributed by atoms with van der Waals surface area (Å²) in [6.45, 7) is 5.31. The van der Waals surface area contributed by atoms with E-state index in [-0.39, 0.29) is 18.0 Å². The molecule has 1 aliphatic heterocycles. The fourth-order valence-electron chi connectivity index (χ4n) is 3.61. The Bertz CT molecular complexity index is 858. The highest BCUT2D eigenvalue weighted by molar-refractivity contribution is 5.93. The van der Waals surface area contributed by atoms with E-state index in [4.69, 9.17) is 0 Å². The molecule has 1 atom stereocenters. The van der Waals surface area contributed by atoms with Crippen molar-refractivity contribution >= 4 is 5.91 Å². The zero-order valence-corrected chi connectivity index (χ0v) is 17.2. The first kappa shape index (κ1) is 21.2. The Labute approximate surface area is 171 Å². The number of pyridine rings is 1. The van der Waals surface area contributed by atoms with E-state index < -0.39 is 6.10 Å². The van der Waals surface area contributed by atoms with E-state index in [1.165, 1.54) is 33.4 Å². The van der Waals surface area contributed by atoms with Crippen molar-refractivity contribution in [3.8, 4) is 0 Å². The molecule has 3 rings (SSSR count). The zero-order chi connectivity index (χ0) is 20.8. The standard InChI is InChI=1S/C22H30N4O3/c1-23(2)22(29)19-8-9-21(28)26(15-19)17-20(27)16-25-12-10-24(11-13-25)14-18-6-4-3-5-7-18/h3-9,15,20,27H,10-14,16-17H2,1-2H3/t20-/m0/s1. The summed E-state index contributed by atoms with van der Waals surface area (Å²) in [6, 6.07) is 13.3. The van der Waals surface area contributed by atoms with Gasteiger partial charge >= 0.3 is 0 Å². The minimum Gasteiger partial charge on any atom is -0.390 e. The largest absolute Gasteiger partial charge is 0.390 e. The van der Waals surface area contributed by atoms with E-state index in [1.54, 1.807) is 14.1 Å². The molecular weight excluding hydrogens is 368 g/mol. The van der Waals surface area contributed by atoms with Gasteiger partial charge in [-0.3, -0.25) is 19.4 Å². The van der Waals surface area contributed by atoms with Gasteiger partial charge in [0.1, 0.15) is 0 Å². The number of amides is 1. The van der Waals surface area contributed by atoms with Crippen LogP contribution in [0.3, 0.4) is 0 Å². The number of β-amino-alcohol motifs (C(OH)–C–C–N with tert-alkyl or cyclic N) is 1. The molecule has 2 aromatic rings. The molecule has 29 heavy (non-hydrogen) atoms. The maximum absolute atomic E-state index is 12.1. The van der Waals surface area contributed by atoms with E-state index in [1.807, 2.05) is 6.07 Å². The van der Waals surface area contributed by atoms with Crippen molar-refractivity contribution in [1.29, 1.82) is 0 Å². The average Bonchev–Trinajstić information content (AvgIpc) is 2.71. The highest BCUT2D eigenvalue weighted by Crippen LogP contribution is 2.09. The molecule has 1 aromatic carbocycles. The van der Waals surface area contributed by atoms with Crippen LogP contribution >= 0.6 is 0 Å². The predicted molar refractivity (Wildman–Crippen MR) is 113 cm³/mol. The van der Waals surface area contributed by atoms with Gasteiger partial charge in [-0.15, -0.1) is 0 Å². The van der Waals surface area contributed by atoms with Gasteiger partial charge in [0.2, 0.25) is 0 Å². The number of hydrogen-bond donors (Lipinski definition) is 1. The van der Waals surface area contributed by atoms with Crippen LogP contribution in [-0.4, -0.2) is 83.2 Å². The maximum Gasteiger partial charge on any atom is 0.254 e. The summed E-state index contributed by atoms with van der Waals surface area (Å²) in [6.07, 6.45) is 0.865. The minimum absolute atomic E-state index is 0.164. The van der Waals surface area contributed by atoms with E-state index in [2.05, 4.69) is 34.1 Å². The second-order valence-electron chi connectivity index (χ2n) is 7.82. The molecule has 0 unspecified atom stereocenters. The van der Waals surface area contributed by atoms with Crippen molar-refractivity contribution < 1.29 is 9.90 Å². The van der Waals surface area contributed by atoms with Gasteiger partial charge in [-0.25, -0.2) is 0 Å². The van der Waals surface area contributed by atoms with Crippen LogP contribution in [-0.2, 0) is 13.1 Å². The molecule has 7 nitrogen and oxygen atoms in total. The number of aromatic nitrogens is 1. The van der Waals surface area contributed by atoms with E-state index in [9.17, 15) is 14.7 Å². The van der Waals surface area contributed by atoms with Crippen LogP contribution in [0.1, 0.15) is 15.9 Å². The van der Waals surface area contributed by atoms with Gasteiger partial charge in [0.25, 0.3) is 11.5 Å². The summed E-state index contributed by atoms with van der Waals surface area (Å²) in [5.41, 5.74) is 1.54. The van der Waals surface area contributed by atoms with Crippen molar-refractivity contribution in [2.45, 2.75) is 19.2 Å². The summed E-state index contributed by atoms with van der Waals surface area (Å²) in [5.74, 6) is -0.164. The SMILES string of the molecule is CN(C)C(=O)c1ccc(=O)n(C[C@@H](O)CN2CCN(Cc3ccccc3)CC2)c1. The second-order valence-corrected chi connectivity index (χ2v) is 7.82. The molecule has 1 aromatic heterocycles. The number of aliphatic hydroxyl groups excluding tert-OH is 1. The normalized spacial score (nSPS) is 16.5. The number of rotatable bonds is 7. The Kier molecular flexibility index (Phi) is 7.19. The van der Waals surface area contributed by atoms with Gasteiger partial charge in [-0.2, -0.15) is 0 Å². The Morgan fingerprint density at radius 3 is 2.31 bits per heavy atom. The molecule has 156 valence electrons. The third-order valence-electron chi connectivity index (χ3n) is 5.23. The van der Waals surface area contributed by atoms with Crippen molar-refractivity contribution in [2.24, 2.45) is 0 Å². The Morgan fingerprint density at radius 1 is 1.00 bits per heavy atom. The molecule has 1 saturated heterocycles. The molecule has 0 bridgehead atoms. The fraction of sp³-hybridized carbons (Fsp3) is 0.455. The quantitative estimate of drug-likeness (QED) is 0.745. The Balaban J connectivity index is 1.50.